The van der Waals surface area contributed by atoms with Crippen molar-refractivity contribution in [2.24, 2.45) is 0 Å². The van der Waals surface area contributed by atoms with Crippen LogP contribution in [0.3, 0.4) is 0 Å². The Morgan fingerprint density at radius 1 is 1.26 bits per heavy atom. The molecule has 1 atom stereocenters. The zero-order chi connectivity index (χ0) is 14.5. The zero-order valence-electron chi connectivity index (χ0n) is 12.1. The Labute approximate surface area is 116 Å². The molecule has 0 spiro atoms. The van der Waals surface area contributed by atoms with E-state index in [1.165, 1.54) is 4.31 Å². The van der Waals surface area contributed by atoms with E-state index in [1.54, 1.807) is 38.2 Å². The van der Waals surface area contributed by atoms with Crippen molar-refractivity contribution in [1.82, 2.24) is 4.31 Å². The minimum atomic E-state index is -3.48. The number of hydrogen-bond donors (Lipinski definition) is 0. The van der Waals surface area contributed by atoms with Crippen molar-refractivity contribution in [2.75, 3.05) is 13.7 Å². The Bertz CT molecular complexity index is 482. The van der Waals surface area contributed by atoms with Gasteiger partial charge in [0.1, 0.15) is 6.23 Å². The first-order valence-corrected chi connectivity index (χ1v) is 8.00. The van der Waals surface area contributed by atoms with Crippen molar-refractivity contribution < 1.29 is 13.2 Å². The molecule has 0 aromatic heterocycles. The number of sulfonamides is 1. The molecule has 19 heavy (non-hydrogen) atoms. The summed E-state index contributed by atoms with van der Waals surface area (Å²) < 4.78 is 31.5. The Morgan fingerprint density at radius 2 is 1.84 bits per heavy atom. The van der Waals surface area contributed by atoms with Crippen LogP contribution in [0, 0.1) is 6.92 Å². The van der Waals surface area contributed by atoms with Gasteiger partial charge in [-0.25, -0.2) is 8.42 Å². The molecule has 0 heterocycles. The highest BCUT2D eigenvalue weighted by Crippen LogP contribution is 2.17. The molecule has 0 aliphatic heterocycles. The molecule has 108 valence electrons. The molecule has 5 heteroatoms. The van der Waals surface area contributed by atoms with Gasteiger partial charge in [-0.2, -0.15) is 4.31 Å². The number of ether oxygens (including phenoxy) is 1. The monoisotopic (exact) mass is 285 g/mol. The standard InChI is InChI=1S/C14H23NO3S/c1-5-6-11-18-13(3)15(4)19(16,17)14-9-7-12(2)8-10-14/h7-10,13H,5-6,11H2,1-4H3. The van der Waals surface area contributed by atoms with Crippen LogP contribution in [0.2, 0.25) is 0 Å². The third kappa shape index (κ3) is 4.30. The average Bonchev–Trinajstić information content (AvgIpc) is 2.38. The van der Waals surface area contributed by atoms with E-state index in [-0.39, 0.29) is 0 Å². The lowest BCUT2D eigenvalue weighted by molar-refractivity contribution is 0.00204. The Hall–Kier alpha value is -0.910. The zero-order valence-corrected chi connectivity index (χ0v) is 12.9. The summed E-state index contributed by atoms with van der Waals surface area (Å²) in [5.74, 6) is 0. The van der Waals surface area contributed by atoms with Crippen LogP contribution in [0.25, 0.3) is 0 Å². The van der Waals surface area contributed by atoms with Gasteiger partial charge in [-0.05, 0) is 32.4 Å². The van der Waals surface area contributed by atoms with Gasteiger partial charge in [0.05, 0.1) is 4.90 Å². The van der Waals surface area contributed by atoms with E-state index in [2.05, 4.69) is 6.92 Å². The smallest absolute Gasteiger partial charge is 0.244 e. The van der Waals surface area contributed by atoms with E-state index in [0.29, 0.717) is 11.5 Å². The first-order chi connectivity index (χ1) is 8.89. The molecule has 1 unspecified atom stereocenters. The Balaban J connectivity index is 2.78. The summed E-state index contributed by atoms with van der Waals surface area (Å²) in [7, 11) is -1.94. The second-order valence-electron chi connectivity index (χ2n) is 4.66. The highest BCUT2D eigenvalue weighted by Gasteiger charge is 2.25. The van der Waals surface area contributed by atoms with Crippen molar-refractivity contribution in [3.63, 3.8) is 0 Å². The maximum Gasteiger partial charge on any atom is 0.244 e. The summed E-state index contributed by atoms with van der Waals surface area (Å²) in [6, 6.07) is 6.84. The number of rotatable bonds is 7. The van der Waals surface area contributed by atoms with Gasteiger partial charge >= 0.3 is 0 Å². The van der Waals surface area contributed by atoms with Crippen molar-refractivity contribution in [3.8, 4) is 0 Å². The molecule has 0 radical (unpaired) electrons. The average molecular weight is 285 g/mol. The maximum absolute atomic E-state index is 12.4. The third-order valence-electron chi connectivity index (χ3n) is 3.07. The predicted octanol–water partition coefficient (Wildman–Crippen LogP) is 2.78. The first kappa shape index (κ1) is 16.1. The third-order valence-corrected chi connectivity index (χ3v) is 4.99. The summed E-state index contributed by atoms with van der Waals surface area (Å²) in [4.78, 5) is 0.298. The molecular formula is C14H23NO3S. The Morgan fingerprint density at radius 3 is 2.37 bits per heavy atom. The summed E-state index contributed by atoms with van der Waals surface area (Å²) in [6.45, 7) is 6.32. The highest BCUT2D eigenvalue weighted by molar-refractivity contribution is 7.89. The topological polar surface area (TPSA) is 46.6 Å². The van der Waals surface area contributed by atoms with Crippen LogP contribution in [0.4, 0.5) is 0 Å². The van der Waals surface area contributed by atoms with Crippen molar-refractivity contribution >= 4 is 10.0 Å². The van der Waals surface area contributed by atoms with Gasteiger partial charge in [-0.1, -0.05) is 31.0 Å². The first-order valence-electron chi connectivity index (χ1n) is 6.56. The summed E-state index contributed by atoms with van der Waals surface area (Å²) >= 11 is 0. The highest BCUT2D eigenvalue weighted by atomic mass is 32.2. The van der Waals surface area contributed by atoms with Gasteiger partial charge in [-0.3, -0.25) is 0 Å². The fourth-order valence-corrected chi connectivity index (χ4v) is 2.84. The van der Waals surface area contributed by atoms with Crippen LogP contribution >= 0.6 is 0 Å². The van der Waals surface area contributed by atoms with E-state index in [0.717, 1.165) is 18.4 Å². The van der Waals surface area contributed by atoms with Crippen LogP contribution in [0.1, 0.15) is 32.3 Å². The predicted molar refractivity (Wildman–Crippen MR) is 76.4 cm³/mol. The quantitative estimate of drug-likeness (QED) is 0.571. The van der Waals surface area contributed by atoms with E-state index in [1.807, 2.05) is 6.92 Å². The van der Waals surface area contributed by atoms with Gasteiger partial charge in [0.25, 0.3) is 0 Å². The van der Waals surface area contributed by atoms with Crippen LogP contribution in [0.5, 0.6) is 0 Å². The summed E-state index contributed by atoms with van der Waals surface area (Å²) in [5.41, 5.74) is 1.04. The number of benzene rings is 1. The van der Waals surface area contributed by atoms with Crippen LogP contribution in [-0.4, -0.2) is 32.6 Å². The molecule has 4 nitrogen and oxygen atoms in total. The summed E-state index contributed by atoms with van der Waals surface area (Å²) in [5, 5.41) is 0. The number of nitrogens with zero attached hydrogens (tertiary/aromatic N) is 1. The van der Waals surface area contributed by atoms with Crippen LogP contribution in [0.15, 0.2) is 29.2 Å². The lowest BCUT2D eigenvalue weighted by Gasteiger charge is -2.24. The molecule has 0 fully saturated rings. The van der Waals surface area contributed by atoms with Crippen molar-refractivity contribution in [2.45, 2.75) is 44.7 Å². The fourth-order valence-electron chi connectivity index (χ4n) is 1.58. The Kier molecular flexibility index (Phi) is 5.97. The molecule has 0 aliphatic carbocycles. The second-order valence-corrected chi connectivity index (χ2v) is 6.66. The van der Waals surface area contributed by atoms with Crippen molar-refractivity contribution in [3.05, 3.63) is 29.8 Å². The number of aryl methyl sites for hydroxylation is 1. The lowest BCUT2D eigenvalue weighted by Crippen LogP contribution is -2.37. The van der Waals surface area contributed by atoms with Crippen LogP contribution in [-0.2, 0) is 14.8 Å². The lowest BCUT2D eigenvalue weighted by atomic mass is 10.2. The summed E-state index contributed by atoms with van der Waals surface area (Å²) in [6.07, 6.45) is 1.50. The van der Waals surface area contributed by atoms with E-state index >= 15 is 0 Å². The molecule has 1 aromatic rings. The SMILES string of the molecule is CCCCOC(C)N(C)S(=O)(=O)c1ccc(C)cc1. The molecule has 0 amide bonds. The molecular weight excluding hydrogens is 262 g/mol. The van der Waals surface area contributed by atoms with E-state index in [4.69, 9.17) is 4.74 Å². The van der Waals surface area contributed by atoms with Gasteiger partial charge in [0, 0.05) is 13.7 Å². The van der Waals surface area contributed by atoms with Crippen molar-refractivity contribution in [1.29, 1.82) is 0 Å². The molecule has 0 aliphatic rings. The molecule has 1 aromatic carbocycles. The van der Waals surface area contributed by atoms with Gasteiger partial charge in [-0.15, -0.1) is 0 Å². The van der Waals surface area contributed by atoms with Gasteiger partial charge in [0.15, 0.2) is 0 Å². The minimum absolute atomic E-state index is 0.298. The second kappa shape index (κ2) is 7.03. The molecule has 0 saturated carbocycles. The molecule has 0 N–H and O–H groups in total. The minimum Gasteiger partial charge on any atom is -0.362 e. The normalized spacial score (nSPS) is 13.7. The van der Waals surface area contributed by atoms with Gasteiger partial charge < -0.3 is 4.74 Å². The number of unbranched alkanes of at least 4 members (excludes halogenated alkanes) is 1. The maximum atomic E-state index is 12.4. The molecule has 0 bridgehead atoms. The van der Waals surface area contributed by atoms with Gasteiger partial charge in [0.2, 0.25) is 10.0 Å². The largest absolute Gasteiger partial charge is 0.362 e. The van der Waals surface area contributed by atoms with Crippen LogP contribution < -0.4 is 0 Å². The van der Waals surface area contributed by atoms with E-state index in [9.17, 15) is 8.42 Å². The van der Waals surface area contributed by atoms with E-state index < -0.39 is 16.3 Å². The fraction of sp³-hybridized carbons (Fsp3) is 0.571. The molecule has 1 rings (SSSR count). The number of hydrogen-bond acceptors (Lipinski definition) is 3. The molecule has 0 saturated heterocycles.